The van der Waals surface area contributed by atoms with Gasteiger partial charge in [-0.05, 0) is 86.5 Å². The molecule has 1 aliphatic heterocycles. The van der Waals surface area contributed by atoms with Crippen LogP contribution in [0.25, 0.3) is 11.4 Å². The van der Waals surface area contributed by atoms with Gasteiger partial charge in [-0.25, -0.2) is 8.42 Å². The number of aliphatic hydroxyl groups is 1. The van der Waals surface area contributed by atoms with E-state index < -0.39 is 9.84 Å². The molecule has 2 aromatic heterocycles. The van der Waals surface area contributed by atoms with Crippen molar-refractivity contribution in [1.82, 2.24) is 14.9 Å². The fourth-order valence-corrected chi connectivity index (χ4v) is 6.88. The fraction of sp³-hybridized carbons (Fsp3) is 0.483. The average Bonchev–Trinajstić information content (AvgIpc) is 3.67. The summed E-state index contributed by atoms with van der Waals surface area (Å²) in [5, 5.41) is 8.92. The number of aromatic amines is 1. The van der Waals surface area contributed by atoms with E-state index in [2.05, 4.69) is 33.1 Å². The van der Waals surface area contributed by atoms with E-state index in [0.717, 1.165) is 80.1 Å². The number of nitrogens with zero attached hydrogens (tertiary/aromatic N) is 2. The third kappa shape index (κ3) is 6.32. The molecular formula is C29H37N3O4S. The van der Waals surface area contributed by atoms with Crippen LogP contribution in [0.3, 0.4) is 0 Å². The number of hydrogen-bond acceptors (Lipinski definition) is 6. The molecule has 3 heterocycles. The van der Waals surface area contributed by atoms with E-state index in [1.54, 1.807) is 12.1 Å². The second kappa shape index (κ2) is 11.5. The number of hydrogen-bond donors (Lipinski definition) is 2. The first-order chi connectivity index (χ1) is 17.9. The highest BCUT2D eigenvalue weighted by Crippen LogP contribution is 2.37. The van der Waals surface area contributed by atoms with Crippen LogP contribution in [-0.4, -0.2) is 67.1 Å². The van der Waals surface area contributed by atoms with Crippen molar-refractivity contribution in [2.75, 3.05) is 33.4 Å². The maximum absolute atomic E-state index is 12.7. The molecule has 2 aliphatic rings. The Kier molecular flexibility index (Phi) is 8.09. The van der Waals surface area contributed by atoms with Crippen molar-refractivity contribution in [3.8, 4) is 11.4 Å². The second-order valence-corrected chi connectivity index (χ2v) is 12.7. The van der Waals surface area contributed by atoms with E-state index in [1.807, 2.05) is 31.4 Å². The highest BCUT2D eigenvalue weighted by Gasteiger charge is 2.37. The van der Waals surface area contributed by atoms with Gasteiger partial charge in [-0.3, -0.25) is 9.88 Å². The number of likely N-dealkylation sites (N-methyl/N-ethyl adjacent to an activating group) is 1. The molecule has 7 nitrogen and oxygen atoms in total. The molecule has 1 saturated heterocycles. The van der Waals surface area contributed by atoms with Gasteiger partial charge in [-0.1, -0.05) is 18.2 Å². The first kappa shape index (κ1) is 26.1. The lowest BCUT2D eigenvalue weighted by Gasteiger charge is -2.27. The predicted molar refractivity (Wildman–Crippen MR) is 144 cm³/mol. The van der Waals surface area contributed by atoms with Gasteiger partial charge < -0.3 is 14.8 Å². The Morgan fingerprint density at radius 2 is 1.81 bits per heavy atom. The van der Waals surface area contributed by atoms with Crippen LogP contribution in [0.1, 0.15) is 54.8 Å². The lowest BCUT2D eigenvalue weighted by Crippen LogP contribution is -2.21. The van der Waals surface area contributed by atoms with Crippen LogP contribution in [-0.2, 0) is 21.1 Å². The molecule has 198 valence electrons. The molecule has 5 rings (SSSR count). The number of pyridine rings is 1. The Labute approximate surface area is 219 Å². The van der Waals surface area contributed by atoms with Crippen LogP contribution in [0.5, 0.6) is 0 Å². The molecule has 0 radical (unpaired) electrons. The van der Waals surface area contributed by atoms with E-state index in [9.17, 15) is 8.42 Å². The van der Waals surface area contributed by atoms with E-state index in [-0.39, 0.29) is 17.8 Å². The number of aliphatic hydroxyl groups excluding tert-OH is 1. The van der Waals surface area contributed by atoms with Crippen molar-refractivity contribution in [3.05, 3.63) is 71.5 Å². The standard InChI is InChI=1S/C29H37N3O4S/c1-32(14-15-33)20-22-2-9-28(30-19-22)29-11-10-27(31-29)26(18-21-12-16-36-17-13-21)23-3-5-24(6-4-23)37(34,35)25-7-8-25/h2-6,9-11,19,21,25-26,31,33H,7-8,12-18,20H2,1H3. The number of aromatic nitrogens is 2. The summed E-state index contributed by atoms with van der Waals surface area (Å²) < 4.78 is 31.0. The lowest BCUT2D eigenvalue weighted by atomic mass is 9.83. The van der Waals surface area contributed by atoms with Gasteiger partial charge in [-0.15, -0.1) is 0 Å². The molecule has 1 aromatic carbocycles. The Hall–Kier alpha value is -2.52. The summed E-state index contributed by atoms with van der Waals surface area (Å²) in [5.74, 6) is 0.703. The molecule has 0 bridgehead atoms. The summed E-state index contributed by atoms with van der Waals surface area (Å²) in [7, 11) is -1.21. The molecule has 2 N–H and O–H groups in total. The summed E-state index contributed by atoms with van der Waals surface area (Å²) in [6, 6.07) is 15.9. The van der Waals surface area contributed by atoms with Crippen molar-refractivity contribution in [1.29, 1.82) is 0 Å². The first-order valence-corrected chi connectivity index (χ1v) is 14.8. The highest BCUT2D eigenvalue weighted by atomic mass is 32.2. The summed E-state index contributed by atoms with van der Waals surface area (Å²) in [5.41, 5.74) is 5.20. The van der Waals surface area contributed by atoms with Gasteiger partial charge in [-0.2, -0.15) is 0 Å². The maximum Gasteiger partial charge on any atom is 0.181 e. The van der Waals surface area contributed by atoms with E-state index in [0.29, 0.717) is 17.4 Å². The second-order valence-electron chi connectivity index (χ2n) is 10.5. The number of rotatable bonds is 11. The largest absolute Gasteiger partial charge is 0.395 e. The third-order valence-corrected chi connectivity index (χ3v) is 9.88. The molecule has 8 heteroatoms. The molecule has 3 aromatic rings. The molecular weight excluding hydrogens is 486 g/mol. The minimum atomic E-state index is -3.19. The Balaban J connectivity index is 1.37. The molecule has 0 spiro atoms. The molecule has 1 saturated carbocycles. The highest BCUT2D eigenvalue weighted by molar-refractivity contribution is 7.92. The van der Waals surface area contributed by atoms with E-state index >= 15 is 0 Å². The van der Waals surface area contributed by atoms with E-state index in [4.69, 9.17) is 9.84 Å². The summed E-state index contributed by atoms with van der Waals surface area (Å²) in [4.78, 5) is 10.8. The zero-order valence-electron chi connectivity index (χ0n) is 21.5. The molecule has 1 atom stereocenters. The average molecular weight is 524 g/mol. The van der Waals surface area contributed by atoms with Gasteiger partial charge in [0.1, 0.15) is 0 Å². The van der Waals surface area contributed by atoms with Crippen molar-refractivity contribution >= 4 is 9.84 Å². The predicted octanol–water partition coefficient (Wildman–Crippen LogP) is 4.39. The van der Waals surface area contributed by atoms with Crippen molar-refractivity contribution in [2.24, 2.45) is 5.92 Å². The Bertz CT molecular complexity index is 1260. The monoisotopic (exact) mass is 523 g/mol. The van der Waals surface area contributed by atoms with Gasteiger partial charge in [0.25, 0.3) is 0 Å². The van der Waals surface area contributed by atoms with Crippen LogP contribution in [0.4, 0.5) is 0 Å². The van der Waals surface area contributed by atoms with Crippen LogP contribution < -0.4 is 0 Å². The molecule has 1 unspecified atom stereocenters. The van der Waals surface area contributed by atoms with Crippen LogP contribution in [0.15, 0.2) is 59.6 Å². The van der Waals surface area contributed by atoms with Gasteiger partial charge in [0.2, 0.25) is 0 Å². The topological polar surface area (TPSA) is 95.5 Å². The molecule has 37 heavy (non-hydrogen) atoms. The van der Waals surface area contributed by atoms with Crippen LogP contribution >= 0.6 is 0 Å². The lowest BCUT2D eigenvalue weighted by molar-refractivity contribution is 0.0626. The van der Waals surface area contributed by atoms with Gasteiger partial charge >= 0.3 is 0 Å². The Morgan fingerprint density at radius 3 is 2.46 bits per heavy atom. The van der Waals surface area contributed by atoms with Gasteiger partial charge in [0.05, 0.1) is 28.1 Å². The van der Waals surface area contributed by atoms with Crippen LogP contribution in [0, 0.1) is 5.92 Å². The van der Waals surface area contributed by atoms with Crippen molar-refractivity contribution in [3.63, 3.8) is 0 Å². The number of ether oxygens (including phenoxy) is 1. The summed E-state index contributed by atoms with van der Waals surface area (Å²) in [6.07, 6.45) is 6.52. The minimum Gasteiger partial charge on any atom is -0.395 e. The third-order valence-electron chi connectivity index (χ3n) is 7.60. The summed E-state index contributed by atoms with van der Waals surface area (Å²) >= 11 is 0. The molecule has 2 fully saturated rings. The Morgan fingerprint density at radius 1 is 1.05 bits per heavy atom. The SMILES string of the molecule is CN(CCO)Cc1ccc(-c2ccc(C(CC3CCOCC3)c3ccc(S(=O)(=O)C4CC4)cc3)[nH]2)nc1. The molecule has 0 amide bonds. The fourth-order valence-electron chi connectivity index (χ4n) is 5.22. The number of nitrogens with one attached hydrogen (secondary N) is 1. The van der Waals surface area contributed by atoms with Crippen molar-refractivity contribution < 1.29 is 18.3 Å². The molecule has 1 aliphatic carbocycles. The number of H-pyrrole nitrogens is 1. The number of sulfone groups is 1. The number of benzene rings is 1. The zero-order valence-corrected chi connectivity index (χ0v) is 22.3. The quantitative estimate of drug-likeness (QED) is 0.387. The zero-order chi connectivity index (χ0) is 25.8. The van der Waals surface area contributed by atoms with Crippen molar-refractivity contribution in [2.45, 2.75) is 54.7 Å². The van der Waals surface area contributed by atoms with Gasteiger partial charge in [0.15, 0.2) is 9.84 Å². The maximum atomic E-state index is 12.7. The summed E-state index contributed by atoms with van der Waals surface area (Å²) in [6.45, 7) is 3.11. The minimum absolute atomic E-state index is 0.140. The van der Waals surface area contributed by atoms with Crippen LogP contribution in [0.2, 0.25) is 0 Å². The van der Waals surface area contributed by atoms with Gasteiger partial charge in [0, 0.05) is 44.1 Å². The normalized spacial score (nSPS) is 17.8. The van der Waals surface area contributed by atoms with E-state index in [1.165, 1.54) is 0 Å². The smallest absolute Gasteiger partial charge is 0.181 e. The first-order valence-electron chi connectivity index (χ1n) is 13.3.